The summed E-state index contributed by atoms with van der Waals surface area (Å²) in [6, 6.07) is 1.34. The largest absolute Gasteiger partial charge is 0.481 e. The lowest BCUT2D eigenvalue weighted by Crippen LogP contribution is -2.02. The van der Waals surface area contributed by atoms with Crippen LogP contribution in [0.1, 0.15) is 13.8 Å². The van der Waals surface area contributed by atoms with Crippen molar-refractivity contribution in [3.05, 3.63) is 11.9 Å². The van der Waals surface area contributed by atoms with E-state index >= 15 is 0 Å². The van der Waals surface area contributed by atoms with Crippen LogP contribution in [-0.2, 0) is 4.79 Å². The summed E-state index contributed by atoms with van der Waals surface area (Å²) in [6.45, 7) is 3.50. The summed E-state index contributed by atoms with van der Waals surface area (Å²) in [4.78, 5) is 10.6. The molecule has 3 nitrogen and oxygen atoms in total. The molecule has 0 aromatic carbocycles. The quantitative estimate of drug-likeness (QED) is 0.663. The number of rotatable bonds is 2. The molecule has 1 aliphatic rings. The number of carboxylic acid groups (broad SMARTS) is 1. The highest BCUT2D eigenvalue weighted by Gasteiger charge is 2.61. The Bertz CT molecular complexity index is 314. The smallest absolute Gasteiger partial charge is 0.307 e. The molecule has 0 spiro atoms. The molecule has 0 aromatic rings. The highest BCUT2D eigenvalue weighted by molar-refractivity contribution is 5.76. The van der Waals surface area contributed by atoms with Gasteiger partial charge >= 0.3 is 5.97 Å². The SMILES string of the molecule is CC1(C)[C@H](C(=O)O)[C@@H]1/C=C(\F)C#N. The average molecular weight is 183 g/mol. The van der Waals surface area contributed by atoms with Gasteiger partial charge < -0.3 is 5.11 Å². The first-order valence-electron chi connectivity index (χ1n) is 3.91. The van der Waals surface area contributed by atoms with Crippen molar-refractivity contribution in [3.63, 3.8) is 0 Å². The first-order chi connectivity index (χ1) is 5.91. The van der Waals surface area contributed by atoms with Gasteiger partial charge in [0.25, 0.3) is 0 Å². The predicted octanol–water partition coefficient (Wildman–Crippen LogP) is 1.72. The van der Waals surface area contributed by atoms with Gasteiger partial charge in [-0.05, 0) is 11.5 Å². The van der Waals surface area contributed by atoms with Gasteiger partial charge in [0, 0.05) is 5.92 Å². The lowest BCUT2D eigenvalue weighted by Gasteiger charge is -1.95. The van der Waals surface area contributed by atoms with Crippen molar-refractivity contribution >= 4 is 5.97 Å². The average Bonchev–Trinajstić information content (AvgIpc) is 2.53. The van der Waals surface area contributed by atoms with E-state index in [-0.39, 0.29) is 5.92 Å². The zero-order valence-electron chi connectivity index (χ0n) is 7.41. The maximum absolute atomic E-state index is 12.5. The highest BCUT2D eigenvalue weighted by Crippen LogP contribution is 2.59. The lowest BCUT2D eigenvalue weighted by molar-refractivity contribution is -0.139. The third-order valence-electron chi connectivity index (χ3n) is 2.61. The molecule has 1 N–H and O–H groups in total. The minimum Gasteiger partial charge on any atom is -0.481 e. The molecule has 0 unspecified atom stereocenters. The lowest BCUT2D eigenvalue weighted by atomic mass is 10.1. The number of carboxylic acids is 1. The Morgan fingerprint density at radius 2 is 2.23 bits per heavy atom. The number of nitrogens with zero attached hydrogens (tertiary/aromatic N) is 1. The molecule has 0 radical (unpaired) electrons. The van der Waals surface area contributed by atoms with Gasteiger partial charge in [0.1, 0.15) is 6.07 Å². The molecule has 70 valence electrons. The molecule has 0 heterocycles. The number of halogens is 1. The Morgan fingerprint density at radius 3 is 2.54 bits per heavy atom. The number of aliphatic carboxylic acids is 1. The number of hydrogen-bond donors (Lipinski definition) is 1. The van der Waals surface area contributed by atoms with Crippen LogP contribution in [0.25, 0.3) is 0 Å². The Labute approximate surface area is 75.5 Å². The van der Waals surface area contributed by atoms with Crippen molar-refractivity contribution in [2.75, 3.05) is 0 Å². The normalized spacial score (nSPS) is 30.8. The summed E-state index contributed by atoms with van der Waals surface area (Å²) >= 11 is 0. The van der Waals surface area contributed by atoms with Gasteiger partial charge in [0.15, 0.2) is 5.83 Å². The number of nitriles is 1. The number of carbonyl (C=O) groups is 1. The molecule has 1 rings (SSSR count). The molecule has 1 fully saturated rings. The van der Waals surface area contributed by atoms with E-state index in [4.69, 9.17) is 10.4 Å². The minimum atomic E-state index is -0.933. The first kappa shape index (κ1) is 9.72. The van der Waals surface area contributed by atoms with Crippen molar-refractivity contribution in [2.24, 2.45) is 17.3 Å². The topological polar surface area (TPSA) is 61.1 Å². The van der Waals surface area contributed by atoms with E-state index in [1.807, 2.05) is 0 Å². The van der Waals surface area contributed by atoms with E-state index < -0.39 is 23.1 Å². The Hall–Kier alpha value is -1.37. The summed E-state index contributed by atoms with van der Waals surface area (Å²) in [5.74, 6) is -2.75. The van der Waals surface area contributed by atoms with E-state index in [1.165, 1.54) is 6.07 Å². The fourth-order valence-electron chi connectivity index (χ4n) is 1.66. The van der Waals surface area contributed by atoms with Crippen molar-refractivity contribution in [1.29, 1.82) is 5.26 Å². The second-order valence-corrected chi connectivity index (χ2v) is 3.79. The van der Waals surface area contributed by atoms with Gasteiger partial charge in [-0.15, -0.1) is 0 Å². The van der Waals surface area contributed by atoms with Crippen LogP contribution in [-0.4, -0.2) is 11.1 Å². The molecule has 0 aromatic heterocycles. The molecule has 0 amide bonds. The summed E-state index contributed by atoms with van der Waals surface area (Å²) in [5.41, 5.74) is -0.431. The van der Waals surface area contributed by atoms with Crippen molar-refractivity contribution in [3.8, 4) is 6.07 Å². The monoisotopic (exact) mass is 183 g/mol. The summed E-state index contributed by atoms with van der Waals surface area (Å²) in [5, 5.41) is 16.9. The molecule has 0 bridgehead atoms. The Kier molecular flexibility index (Phi) is 2.12. The third kappa shape index (κ3) is 1.55. The van der Waals surface area contributed by atoms with Crippen molar-refractivity contribution < 1.29 is 14.3 Å². The molecule has 4 heteroatoms. The molecule has 13 heavy (non-hydrogen) atoms. The van der Waals surface area contributed by atoms with Crippen LogP contribution in [0, 0.1) is 28.6 Å². The van der Waals surface area contributed by atoms with E-state index in [0.717, 1.165) is 6.08 Å². The van der Waals surface area contributed by atoms with Gasteiger partial charge in [-0.25, -0.2) is 0 Å². The first-order valence-corrected chi connectivity index (χ1v) is 3.91. The van der Waals surface area contributed by atoms with Crippen LogP contribution in [0.2, 0.25) is 0 Å². The van der Waals surface area contributed by atoms with Crippen LogP contribution >= 0.6 is 0 Å². The van der Waals surface area contributed by atoms with Gasteiger partial charge in [-0.2, -0.15) is 9.65 Å². The molecule has 1 aliphatic carbocycles. The maximum atomic E-state index is 12.5. The van der Waals surface area contributed by atoms with Gasteiger partial charge in [-0.3, -0.25) is 4.79 Å². The van der Waals surface area contributed by atoms with Crippen LogP contribution in [0.3, 0.4) is 0 Å². The summed E-state index contributed by atoms with van der Waals surface area (Å²) < 4.78 is 12.5. The predicted molar refractivity (Wildman–Crippen MR) is 43.2 cm³/mol. The van der Waals surface area contributed by atoms with Crippen molar-refractivity contribution in [2.45, 2.75) is 13.8 Å². The van der Waals surface area contributed by atoms with Crippen LogP contribution in [0.4, 0.5) is 4.39 Å². The minimum absolute atomic E-state index is 0.357. The zero-order chi connectivity index (χ0) is 10.2. The van der Waals surface area contributed by atoms with Crippen LogP contribution in [0.15, 0.2) is 11.9 Å². The van der Waals surface area contributed by atoms with Gasteiger partial charge in [-0.1, -0.05) is 13.8 Å². The van der Waals surface area contributed by atoms with Crippen LogP contribution in [0.5, 0.6) is 0 Å². The standard InChI is InChI=1S/C9H10FNO2/c1-9(2)6(3-5(10)4-11)7(9)8(12)13/h3,6-7H,1-2H3,(H,12,13)/b5-3-/t6-,7-/m0/s1. The Morgan fingerprint density at radius 1 is 1.69 bits per heavy atom. The molecular formula is C9H10FNO2. The molecule has 0 saturated heterocycles. The van der Waals surface area contributed by atoms with Gasteiger partial charge in [0.05, 0.1) is 5.92 Å². The Balaban J connectivity index is 2.79. The second-order valence-electron chi connectivity index (χ2n) is 3.79. The fraction of sp³-hybridized carbons (Fsp3) is 0.556. The van der Waals surface area contributed by atoms with Crippen LogP contribution < -0.4 is 0 Å². The molecular weight excluding hydrogens is 173 g/mol. The zero-order valence-corrected chi connectivity index (χ0v) is 7.41. The maximum Gasteiger partial charge on any atom is 0.307 e. The van der Waals surface area contributed by atoms with E-state index in [2.05, 4.69) is 0 Å². The number of hydrogen-bond acceptors (Lipinski definition) is 2. The van der Waals surface area contributed by atoms with E-state index in [0.29, 0.717) is 0 Å². The van der Waals surface area contributed by atoms with Gasteiger partial charge in [0.2, 0.25) is 0 Å². The second kappa shape index (κ2) is 2.84. The molecule has 2 atom stereocenters. The third-order valence-corrected chi connectivity index (χ3v) is 2.61. The molecule has 0 aliphatic heterocycles. The van der Waals surface area contributed by atoms with E-state index in [1.54, 1.807) is 13.8 Å². The fourth-order valence-corrected chi connectivity index (χ4v) is 1.66. The summed E-state index contributed by atoms with van der Waals surface area (Å²) in [7, 11) is 0. The highest BCUT2D eigenvalue weighted by atomic mass is 19.1. The van der Waals surface area contributed by atoms with E-state index in [9.17, 15) is 9.18 Å². The summed E-state index contributed by atoms with van der Waals surface area (Å²) in [6.07, 6.45) is 1.10. The van der Waals surface area contributed by atoms with Crippen molar-refractivity contribution in [1.82, 2.24) is 0 Å². The molecule has 1 saturated carbocycles. The number of allylic oxidation sites excluding steroid dienone is 2.